The maximum atomic E-state index is 13.2. The predicted molar refractivity (Wildman–Crippen MR) is 97.0 cm³/mol. The zero-order chi connectivity index (χ0) is 18.6. The first-order chi connectivity index (χ1) is 12.4. The van der Waals surface area contributed by atoms with Crippen LogP contribution in [0.2, 0.25) is 0 Å². The second-order valence-electron chi connectivity index (χ2n) is 5.92. The molecule has 2 aromatic carbocycles. The van der Waals surface area contributed by atoms with E-state index in [2.05, 4.69) is 15.0 Å². The van der Waals surface area contributed by atoms with E-state index in [4.69, 9.17) is 0 Å². The molecule has 0 unspecified atom stereocenters. The SMILES string of the molecule is O=C(Cc1cccc(F)c1)Nc1cccc(S(=O)(=O)NC2=NCCC2)c1. The summed E-state index contributed by atoms with van der Waals surface area (Å²) in [6.07, 6.45) is 1.42. The molecule has 2 N–H and O–H groups in total. The third-order valence-corrected chi connectivity index (χ3v) is 5.19. The molecule has 0 fully saturated rings. The number of anilines is 1. The van der Waals surface area contributed by atoms with Crippen molar-refractivity contribution >= 4 is 27.5 Å². The van der Waals surface area contributed by atoms with E-state index in [1.54, 1.807) is 18.2 Å². The average Bonchev–Trinajstić information content (AvgIpc) is 3.07. The maximum Gasteiger partial charge on any atom is 0.262 e. The van der Waals surface area contributed by atoms with E-state index in [1.807, 2.05) is 0 Å². The van der Waals surface area contributed by atoms with Crippen LogP contribution in [0.1, 0.15) is 18.4 Å². The summed E-state index contributed by atoms with van der Waals surface area (Å²) in [6.45, 7) is 0.619. The van der Waals surface area contributed by atoms with Crippen molar-refractivity contribution in [1.82, 2.24) is 4.72 Å². The summed E-state index contributed by atoms with van der Waals surface area (Å²) in [5.41, 5.74) is 0.884. The number of carbonyl (C=O) groups is 1. The first-order valence-corrected chi connectivity index (χ1v) is 9.61. The van der Waals surface area contributed by atoms with Gasteiger partial charge in [-0.1, -0.05) is 18.2 Å². The lowest BCUT2D eigenvalue weighted by Crippen LogP contribution is -2.29. The molecule has 0 aromatic heterocycles. The Bertz CT molecular complexity index is 958. The number of halogens is 1. The minimum absolute atomic E-state index is 0.0101. The quantitative estimate of drug-likeness (QED) is 0.842. The zero-order valence-corrected chi connectivity index (χ0v) is 14.7. The molecule has 1 amide bonds. The van der Waals surface area contributed by atoms with Gasteiger partial charge < -0.3 is 5.32 Å². The number of hydrogen-bond acceptors (Lipinski definition) is 4. The number of hydrogen-bond donors (Lipinski definition) is 2. The van der Waals surface area contributed by atoms with Crippen molar-refractivity contribution in [3.63, 3.8) is 0 Å². The molecule has 0 aliphatic carbocycles. The van der Waals surface area contributed by atoms with Crippen LogP contribution in [-0.2, 0) is 21.2 Å². The smallest absolute Gasteiger partial charge is 0.262 e. The highest BCUT2D eigenvalue weighted by molar-refractivity contribution is 7.90. The Morgan fingerprint density at radius 2 is 1.96 bits per heavy atom. The van der Waals surface area contributed by atoms with Gasteiger partial charge in [0.1, 0.15) is 11.7 Å². The standard InChI is InChI=1S/C18H18FN3O3S/c19-14-5-1-4-13(10-14)11-18(23)21-15-6-2-7-16(12-15)26(24,25)22-17-8-3-9-20-17/h1-2,4-7,10,12H,3,8-9,11H2,(H,20,22)(H,21,23). The second-order valence-corrected chi connectivity index (χ2v) is 7.60. The number of amidine groups is 1. The van der Waals surface area contributed by atoms with Crippen molar-refractivity contribution in [2.75, 3.05) is 11.9 Å². The fourth-order valence-electron chi connectivity index (χ4n) is 2.62. The number of nitrogens with one attached hydrogen (secondary N) is 2. The van der Waals surface area contributed by atoms with Gasteiger partial charge >= 0.3 is 0 Å². The Hall–Kier alpha value is -2.74. The number of carbonyl (C=O) groups excluding carboxylic acids is 1. The lowest BCUT2D eigenvalue weighted by Gasteiger charge is -2.10. The first-order valence-electron chi connectivity index (χ1n) is 8.13. The van der Waals surface area contributed by atoms with Gasteiger partial charge in [-0.05, 0) is 42.3 Å². The first kappa shape index (κ1) is 18.1. The van der Waals surface area contributed by atoms with Crippen molar-refractivity contribution in [2.45, 2.75) is 24.2 Å². The largest absolute Gasteiger partial charge is 0.326 e. The average molecular weight is 375 g/mol. The van der Waals surface area contributed by atoms with Gasteiger partial charge in [0.2, 0.25) is 5.91 Å². The normalized spacial score (nSPS) is 14.0. The summed E-state index contributed by atoms with van der Waals surface area (Å²) in [5.74, 6) is -0.326. The topological polar surface area (TPSA) is 87.6 Å². The van der Waals surface area contributed by atoms with Crippen LogP contribution in [0.5, 0.6) is 0 Å². The number of benzene rings is 2. The molecule has 1 aliphatic heterocycles. The van der Waals surface area contributed by atoms with Crippen molar-refractivity contribution in [3.8, 4) is 0 Å². The van der Waals surface area contributed by atoms with Gasteiger partial charge in [-0.15, -0.1) is 0 Å². The molecule has 0 saturated carbocycles. The second kappa shape index (κ2) is 7.65. The van der Waals surface area contributed by atoms with E-state index < -0.39 is 15.8 Å². The molecule has 0 radical (unpaired) electrons. The summed E-state index contributed by atoms with van der Waals surface area (Å²) < 4.78 is 40.5. The highest BCUT2D eigenvalue weighted by Gasteiger charge is 2.18. The zero-order valence-electron chi connectivity index (χ0n) is 13.9. The molecule has 0 saturated heterocycles. The molecule has 2 aromatic rings. The lowest BCUT2D eigenvalue weighted by atomic mass is 10.1. The minimum atomic E-state index is -3.75. The Morgan fingerprint density at radius 3 is 2.69 bits per heavy atom. The maximum absolute atomic E-state index is 13.2. The molecule has 8 heteroatoms. The monoisotopic (exact) mass is 375 g/mol. The number of nitrogens with zero attached hydrogens (tertiary/aromatic N) is 1. The van der Waals surface area contributed by atoms with Crippen LogP contribution in [0.15, 0.2) is 58.4 Å². The van der Waals surface area contributed by atoms with Crippen molar-refractivity contribution in [2.24, 2.45) is 4.99 Å². The third kappa shape index (κ3) is 4.66. The van der Waals surface area contributed by atoms with Gasteiger partial charge in [0.25, 0.3) is 10.0 Å². The Balaban J connectivity index is 1.69. The van der Waals surface area contributed by atoms with Crippen LogP contribution in [0.3, 0.4) is 0 Å². The summed E-state index contributed by atoms with van der Waals surface area (Å²) in [5, 5.41) is 2.63. The van der Waals surface area contributed by atoms with Crippen molar-refractivity contribution in [1.29, 1.82) is 0 Å². The van der Waals surface area contributed by atoms with Crippen LogP contribution < -0.4 is 10.0 Å². The summed E-state index contributed by atoms with van der Waals surface area (Å²) >= 11 is 0. The van der Waals surface area contributed by atoms with Gasteiger partial charge in [0, 0.05) is 18.7 Å². The number of sulfonamides is 1. The molecule has 136 valence electrons. The Kier molecular flexibility index (Phi) is 5.32. The Morgan fingerprint density at radius 1 is 1.15 bits per heavy atom. The van der Waals surface area contributed by atoms with Crippen LogP contribution in [0.4, 0.5) is 10.1 Å². The van der Waals surface area contributed by atoms with Crippen LogP contribution in [0, 0.1) is 5.82 Å². The summed E-state index contributed by atoms with van der Waals surface area (Å²) in [7, 11) is -3.75. The molecular weight excluding hydrogens is 357 g/mol. The van der Waals surface area contributed by atoms with Crippen LogP contribution in [0.25, 0.3) is 0 Å². The molecule has 1 aliphatic rings. The van der Waals surface area contributed by atoms with E-state index in [9.17, 15) is 17.6 Å². The van der Waals surface area contributed by atoms with Gasteiger partial charge in [-0.3, -0.25) is 14.5 Å². The fourth-order valence-corrected chi connectivity index (χ4v) is 3.75. The van der Waals surface area contributed by atoms with E-state index in [0.29, 0.717) is 30.1 Å². The lowest BCUT2D eigenvalue weighted by molar-refractivity contribution is -0.115. The van der Waals surface area contributed by atoms with Gasteiger partial charge in [-0.2, -0.15) is 0 Å². The minimum Gasteiger partial charge on any atom is -0.326 e. The highest BCUT2D eigenvalue weighted by atomic mass is 32.2. The Labute approximate surface area is 151 Å². The number of amides is 1. The predicted octanol–water partition coefficient (Wildman–Crippen LogP) is 2.48. The van der Waals surface area contributed by atoms with Gasteiger partial charge in [0.15, 0.2) is 0 Å². The summed E-state index contributed by atoms with van der Waals surface area (Å²) in [4.78, 5) is 16.2. The molecular formula is C18H18FN3O3S. The van der Waals surface area contributed by atoms with Crippen LogP contribution in [-0.4, -0.2) is 26.7 Å². The molecule has 1 heterocycles. The van der Waals surface area contributed by atoms with Crippen molar-refractivity contribution < 1.29 is 17.6 Å². The molecule has 6 nitrogen and oxygen atoms in total. The van der Waals surface area contributed by atoms with Gasteiger partial charge in [0.05, 0.1) is 11.3 Å². The van der Waals surface area contributed by atoms with E-state index >= 15 is 0 Å². The van der Waals surface area contributed by atoms with Gasteiger partial charge in [-0.25, -0.2) is 12.8 Å². The molecule has 26 heavy (non-hydrogen) atoms. The third-order valence-electron chi connectivity index (χ3n) is 3.81. The highest BCUT2D eigenvalue weighted by Crippen LogP contribution is 2.17. The molecule has 3 rings (SSSR count). The van der Waals surface area contributed by atoms with E-state index in [1.165, 1.54) is 30.3 Å². The number of rotatable bonds is 5. The van der Waals surface area contributed by atoms with Crippen LogP contribution >= 0.6 is 0 Å². The van der Waals surface area contributed by atoms with E-state index in [-0.39, 0.29) is 17.2 Å². The number of aliphatic imine (C=N–C) groups is 1. The molecule has 0 bridgehead atoms. The fraction of sp³-hybridized carbons (Fsp3) is 0.222. The molecule has 0 atom stereocenters. The molecule has 0 spiro atoms. The summed E-state index contributed by atoms with van der Waals surface area (Å²) in [6, 6.07) is 11.7. The van der Waals surface area contributed by atoms with E-state index in [0.717, 1.165) is 6.42 Å². The van der Waals surface area contributed by atoms with Crippen molar-refractivity contribution in [3.05, 3.63) is 59.9 Å².